The molecule has 2 heterocycles. The molecule has 0 radical (unpaired) electrons. The topological polar surface area (TPSA) is 93.2 Å². The van der Waals surface area contributed by atoms with Crippen LogP contribution < -0.4 is 19.3 Å². The zero-order chi connectivity index (χ0) is 25.6. The number of hydrogen-bond donors (Lipinski definition) is 0. The van der Waals surface area contributed by atoms with Crippen LogP contribution in [0.25, 0.3) is 0 Å². The quantitative estimate of drug-likeness (QED) is 0.276. The monoisotopic (exact) mass is 488 g/mol. The minimum Gasteiger partial charge on any atom is -0.497 e. The van der Waals surface area contributed by atoms with Crippen LogP contribution >= 0.6 is 0 Å². The van der Waals surface area contributed by atoms with Crippen LogP contribution in [-0.2, 0) is 19.2 Å². The summed E-state index contributed by atoms with van der Waals surface area (Å²) in [5.74, 6) is -1.37. The lowest BCUT2D eigenvalue weighted by molar-refractivity contribution is -0.139. The molecular weight excluding hydrogens is 460 g/mol. The van der Waals surface area contributed by atoms with E-state index in [0.29, 0.717) is 34.9 Å². The number of nitrogens with zero attached hydrogens (tertiary/aromatic N) is 2. The number of fused-ring (bicyclic) bond motifs is 1. The molecule has 3 aliphatic rings. The number of imide groups is 1. The molecule has 2 aromatic carbocycles. The first-order valence-corrected chi connectivity index (χ1v) is 12.1. The van der Waals surface area contributed by atoms with E-state index in [4.69, 9.17) is 9.47 Å². The lowest BCUT2D eigenvalue weighted by Crippen LogP contribution is -2.32. The normalized spacial score (nSPS) is 25.4. The molecule has 1 aliphatic carbocycles. The van der Waals surface area contributed by atoms with Gasteiger partial charge in [0.25, 0.3) is 0 Å². The third-order valence-corrected chi connectivity index (χ3v) is 7.32. The van der Waals surface area contributed by atoms with Crippen molar-refractivity contribution in [3.63, 3.8) is 0 Å². The van der Waals surface area contributed by atoms with Crippen LogP contribution in [0, 0.1) is 30.6 Å². The summed E-state index contributed by atoms with van der Waals surface area (Å²) in [6.45, 7) is 3.95. The number of hydrogen-bond acceptors (Lipinski definition) is 6. The maximum Gasteiger partial charge on any atom is 0.316 e. The lowest BCUT2D eigenvalue weighted by atomic mass is 9.78. The van der Waals surface area contributed by atoms with Crippen molar-refractivity contribution in [2.45, 2.75) is 26.7 Å². The van der Waals surface area contributed by atoms with Crippen molar-refractivity contribution in [2.24, 2.45) is 23.7 Å². The number of allylic oxidation sites excluding steroid dienone is 2. The van der Waals surface area contributed by atoms with Crippen molar-refractivity contribution < 1.29 is 28.7 Å². The van der Waals surface area contributed by atoms with Crippen LogP contribution in [0.3, 0.4) is 0 Å². The fourth-order valence-corrected chi connectivity index (χ4v) is 5.42. The molecule has 2 aliphatic heterocycles. The van der Waals surface area contributed by atoms with Crippen molar-refractivity contribution in [1.29, 1.82) is 0 Å². The second-order valence-corrected chi connectivity index (χ2v) is 9.64. The number of carbonyl (C=O) groups is 4. The number of ether oxygens (including phenoxy) is 2. The Bertz CT molecular complexity index is 1280. The highest BCUT2D eigenvalue weighted by atomic mass is 16.5. The molecule has 4 atom stereocenters. The summed E-state index contributed by atoms with van der Waals surface area (Å²) < 4.78 is 10.8. The average Bonchev–Trinajstić information content (AvgIpc) is 3.37. The Morgan fingerprint density at radius 1 is 1.03 bits per heavy atom. The Morgan fingerprint density at radius 2 is 1.83 bits per heavy atom. The van der Waals surface area contributed by atoms with E-state index in [9.17, 15) is 19.2 Å². The van der Waals surface area contributed by atoms with Gasteiger partial charge in [0.15, 0.2) is 0 Å². The molecule has 8 heteroatoms. The van der Waals surface area contributed by atoms with E-state index < -0.39 is 11.9 Å². The van der Waals surface area contributed by atoms with Crippen molar-refractivity contribution in [3.05, 3.63) is 60.2 Å². The Kier molecular flexibility index (Phi) is 6.12. The second-order valence-electron chi connectivity index (χ2n) is 9.64. The van der Waals surface area contributed by atoms with Gasteiger partial charge in [0.2, 0.25) is 17.7 Å². The predicted octanol–water partition coefficient (Wildman–Crippen LogP) is 3.66. The zero-order valence-electron chi connectivity index (χ0n) is 20.5. The number of methoxy groups -OCH3 is 1. The van der Waals surface area contributed by atoms with Crippen LogP contribution in [0.2, 0.25) is 0 Å². The predicted molar refractivity (Wildman–Crippen MR) is 133 cm³/mol. The fourth-order valence-electron chi connectivity index (χ4n) is 5.42. The van der Waals surface area contributed by atoms with Gasteiger partial charge < -0.3 is 14.4 Å². The second kappa shape index (κ2) is 9.26. The Labute approximate surface area is 209 Å². The summed E-state index contributed by atoms with van der Waals surface area (Å²) in [4.78, 5) is 54.4. The van der Waals surface area contributed by atoms with Crippen LogP contribution in [0.15, 0.2) is 54.6 Å². The van der Waals surface area contributed by atoms with Gasteiger partial charge in [-0.3, -0.25) is 19.2 Å². The van der Waals surface area contributed by atoms with Gasteiger partial charge in [0.1, 0.15) is 11.5 Å². The van der Waals surface area contributed by atoms with Crippen LogP contribution in [0.5, 0.6) is 11.5 Å². The first-order chi connectivity index (χ1) is 17.3. The number of benzene rings is 2. The van der Waals surface area contributed by atoms with Gasteiger partial charge in [-0.05, 0) is 55.2 Å². The maximum absolute atomic E-state index is 13.1. The number of rotatable bonds is 5. The lowest BCUT2D eigenvalue weighted by Gasteiger charge is -2.22. The highest BCUT2D eigenvalue weighted by Crippen LogP contribution is 2.41. The fraction of sp³-hybridized carbons (Fsp3) is 0.357. The summed E-state index contributed by atoms with van der Waals surface area (Å²) in [5, 5.41) is 0. The molecule has 5 rings (SSSR count). The molecule has 2 saturated heterocycles. The number of carbonyl (C=O) groups excluding carboxylic acids is 4. The van der Waals surface area contributed by atoms with E-state index in [-0.39, 0.29) is 48.4 Å². The molecule has 2 aromatic rings. The largest absolute Gasteiger partial charge is 0.497 e. The smallest absolute Gasteiger partial charge is 0.316 e. The number of aryl methyl sites for hydroxylation is 1. The van der Waals surface area contributed by atoms with Gasteiger partial charge in [-0.15, -0.1) is 0 Å². The molecular formula is C28H28N2O6. The molecule has 2 fully saturated rings. The van der Waals surface area contributed by atoms with Gasteiger partial charge in [-0.2, -0.15) is 0 Å². The Morgan fingerprint density at radius 3 is 2.56 bits per heavy atom. The average molecular weight is 489 g/mol. The summed E-state index contributed by atoms with van der Waals surface area (Å²) in [6, 6.07) is 12.0. The van der Waals surface area contributed by atoms with Crippen molar-refractivity contribution in [1.82, 2.24) is 0 Å². The summed E-state index contributed by atoms with van der Waals surface area (Å²) in [7, 11) is 1.55. The first-order valence-electron chi connectivity index (χ1n) is 12.1. The van der Waals surface area contributed by atoms with E-state index >= 15 is 0 Å². The SMILES string of the molecule is COc1cccc(N2C[C@H](C(=O)Oc3ccc(N4C(=O)[C@@H]5[C@H](C)C=CC[C@H]5C4=O)c(C)c3)CC2=O)c1. The molecule has 3 amide bonds. The number of esters is 1. The molecule has 0 N–H and O–H groups in total. The van der Waals surface area contributed by atoms with Gasteiger partial charge >= 0.3 is 5.97 Å². The molecule has 0 unspecified atom stereocenters. The van der Waals surface area contributed by atoms with Crippen molar-refractivity contribution in [3.8, 4) is 11.5 Å². The highest BCUT2D eigenvalue weighted by Gasteiger charge is 2.50. The molecule has 186 valence electrons. The minimum absolute atomic E-state index is 0.0106. The highest BCUT2D eigenvalue weighted by molar-refractivity contribution is 6.22. The van der Waals surface area contributed by atoms with Crippen LogP contribution in [-0.4, -0.2) is 37.3 Å². The number of amides is 3. The third-order valence-electron chi connectivity index (χ3n) is 7.32. The van der Waals surface area contributed by atoms with E-state index in [1.165, 1.54) is 4.90 Å². The van der Waals surface area contributed by atoms with Gasteiger partial charge in [0.05, 0.1) is 30.6 Å². The van der Waals surface area contributed by atoms with E-state index in [1.54, 1.807) is 61.4 Å². The van der Waals surface area contributed by atoms with Gasteiger partial charge in [-0.25, -0.2) is 4.90 Å². The molecule has 0 bridgehead atoms. The third kappa shape index (κ3) is 4.06. The minimum atomic E-state index is -0.609. The molecule has 8 nitrogen and oxygen atoms in total. The summed E-state index contributed by atoms with van der Waals surface area (Å²) >= 11 is 0. The van der Waals surface area contributed by atoms with Gasteiger partial charge in [0, 0.05) is 24.7 Å². The Balaban J connectivity index is 1.28. The molecule has 0 saturated carbocycles. The van der Waals surface area contributed by atoms with Crippen LogP contribution in [0.4, 0.5) is 11.4 Å². The summed E-state index contributed by atoms with van der Waals surface area (Å²) in [5.41, 5.74) is 1.83. The van der Waals surface area contributed by atoms with E-state index in [0.717, 1.165) is 0 Å². The Hall–Kier alpha value is -3.94. The first kappa shape index (κ1) is 23.8. The maximum atomic E-state index is 13.1. The van der Waals surface area contributed by atoms with Crippen molar-refractivity contribution >= 4 is 35.1 Å². The molecule has 0 aromatic heterocycles. The number of anilines is 2. The van der Waals surface area contributed by atoms with Gasteiger partial charge in [-0.1, -0.05) is 25.1 Å². The standard InChI is InChI=1S/C28H28N2O6/c1-16-6-4-9-22-25(16)27(33)30(26(22)32)23-11-10-21(12-17(23)2)36-28(34)18-13-24(31)29(15-18)19-7-5-8-20(14-19)35-3/h4-8,10-12,14,16,18,22,25H,9,13,15H2,1-3H3/t16-,18-,22-,25-/m1/s1. The molecule has 0 spiro atoms. The molecule has 36 heavy (non-hydrogen) atoms. The zero-order valence-corrected chi connectivity index (χ0v) is 20.5. The van der Waals surface area contributed by atoms with E-state index in [1.807, 2.05) is 19.1 Å². The van der Waals surface area contributed by atoms with E-state index in [2.05, 4.69) is 0 Å². The van der Waals surface area contributed by atoms with Crippen LogP contribution in [0.1, 0.15) is 25.3 Å². The van der Waals surface area contributed by atoms with Crippen molar-refractivity contribution in [2.75, 3.05) is 23.5 Å². The summed E-state index contributed by atoms with van der Waals surface area (Å²) in [6.07, 6.45) is 4.59.